The van der Waals surface area contributed by atoms with Crippen LogP contribution in [0.2, 0.25) is 0 Å². The first-order chi connectivity index (χ1) is 10.8. The summed E-state index contributed by atoms with van der Waals surface area (Å²) in [6, 6.07) is 8.15. The highest BCUT2D eigenvalue weighted by molar-refractivity contribution is 5.94. The number of esters is 1. The number of para-hydroxylation sites is 1. The van der Waals surface area contributed by atoms with E-state index in [1.165, 1.54) is 5.56 Å². The Morgan fingerprint density at radius 3 is 2.61 bits per heavy atom. The summed E-state index contributed by atoms with van der Waals surface area (Å²) in [5, 5.41) is 0. The zero-order valence-corrected chi connectivity index (χ0v) is 14.1. The molecular weight excluding hydrogens is 290 g/mol. The lowest BCUT2D eigenvalue weighted by Gasteiger charge is -2.23. The maximum atomic E-state index is 12.2. The molecule has 1 aliphatic heterocycles. The second kappa shape index (κ2) is 5.52. The molecule has 3 rings (SSSR count). The Balaban J connectivity index is 1.72. The molecule has 2 unspecified atom stereocenters. The molecule has 1 aromatic rings. The van der Waals surface area contributed by atoms with Crippen molar-refractivity contribution in [3.8, 4) is 0 Å². The molecule has 1 aliphatic carbocycles. The number of allylic oxidation sites excluding steroid dienone is 1. The fourth-order valence-electron chi connectivity index (χ4n) is 3.35. The quantitative estimate of drug-likeness (QED) is 0.633. The molecule has 2 aliphatic rings. The topological polar surface area (TPSA) is 46.6 Å². The Bertz CT molecular complexity index is 690. The molecule has 0 N–H and O–H groups in total. The molecule has 2 atom stereocenters. The molecule has 1 saturated carbocycles. The number of hydrogen-bond acceptors (Lipinski definition) is 4. The van der Waals surface area contributed by atoms with Gasteiger partial charge in [0, 0.05) is 29.9 Å². The number of ketones is 1. The first-order valence-corrected chi connectivity index (χ1v) is 8.07. The van der Waals surface area contributed by atoms with Crippen LogP contribution >= 0.6 is 0 Å². The molecule has 4 nitrogen and oxygen atoms in total. The second-order valence-electron chi connectivity index (χ2n) is 7.12. The molecule has 0 radical (unpaired) electrons. The fourth-order valence-corrected chi connectivity index (χ4v) is 3.35. The van der Waals surface area contributed by atoms with Gasteiger partial charge in [0.1, 0.15) is 0 Å². The van der Waals surface area contributed by atoms with Gasteiger partial charge in [-0.1, -0.05) is 39.0 Å². The molecule has 0 bridgehead atoms. The lowest BCUT2D eigenvalue weighted by atomic mass is 9.83. The van der Waals surface area contributed by atoms with Crippen LogP contribution in [-0.4, -0.2) is 25.4 Å². The number of rotatable bonds is 4. The van der Waals surface area contributed by atoms with E-state index in [2.05, 4.69) is 26.0 Å². The third-order valence-corrected chi connectivity index (χ3v) is 5.01. The van der Waals surface area contributed by atoms with E-state index in [4.69, 9.17) is 4.74 Å². The van der Waals surface area contributed by atoms with E-state index >= 15 is 0 Å². The summed E-state index contributed by atoms with van der Waals surface area (Å²) in [4.78, 5) is 26.0. The zero-order valence-electron chi connectivity index (χ0n) is 14.1. The Hall–Kier alpha value is -2.10. The van der Waals surface area contributed by atoms with Crippen molar-refractivity contribution in [1.82, 2.24) is 0 Å². The van der Waals surface area contributed by atoms with Gasteiger partial charge in [-0.3, -0.25) is 9.59 Å². The first-order valence-electron chi connectivity index (χ1n) is 8.07. The number of anilines is 1. The minimum atomic E-state index is -0.244. The zero-order chi connectivity index (χ0) is 16.8. The molecule has 23 heavy (non-hydrogen) atoms. The minimum absolute atomic E-state index is 0.00898. The van der Waals surface area contributed by atoms with Crippen LogP contribution in [0.3, 0.4) is 0 Å². The van der Waals surface area contributed by atoms with E-state index in [1.807, 2.05) is 31.0 Å². The Morgan fingerprint density at radius 1 is 1.35 bits per heavy atom. The van der Waals surface area contributed by atoms with Crippen molar-refractivity contribution in [3.63, 3.8) is 0 Å². The standard InChI is InChI=1S/C19H23NO3/c1-12-9-14(12)18(22)23-11-13(21)10-17-19(2,3)15-7-5-6-8-16(15)20(17)4/h5-8,10,12,14H,9,11H2,1-4H3/b17-10+. The predicted molar refractivity (Wildman–Crippen MR) is 89.2 cm³/mol. The lowest BCUT2D eigenvalue weighted by molar-refractivity contribution is -0.148. The van der Waals surface area contributed by atoms with Crippen molar-refractivity contribution >= 4 is 17.4 Å². The van der Waals surface area contributed by atoms with E-state index in [0.29, 0.717) is 5.92 Å². The number of nitrogens with zero attached hydrogens (tertiary/aromatic N) is 1. The van der Waals surface area contributed by atoms with Gasteiger partial charge in [0.15, 0.2) is 12.4 Å². The summed E-state index contributed by atoms with van der Waals surface area (Å²) < 4.78 is 5.14. The SMILES string of the molecule is CC1CC1C(=O)OCC(=O)/C=C1/N(C)c2ccccc2C1(C)C. The fraction of sp³-hybridized carbons (Fsp3) is 0.474. The van der Waals surface area contributed by atoms with Crippen LogP contribution in [0.15, 0.2) is 36.0 Å². The second-order valence-corrected chi connectivity index (χ2v) is 7.12. The Morgan fingerprint density at radius 2 is 2.00 bits per heavy atom. The van der Waals surface area contributed by atoms with E-state index in [1.54, 1.807) is 6.08 Å². The summed E-state index contributed by atoms with van der Waals surface area (Å²) >= 11 is 0. The molecular formula is C19H23NO3. The van der Waals surface area contributed by atoms with E-state index < -0.39 is 0 Å². The van der Waals surface area contributed by atoms with Crippen LogP contribution in [0, 0.1) is 11.8 Å². The summed E-state index contributed by atoms with van der Waals surface area (Å²) in [6.07, 6.45) is 2.49. The molecule has 0 amide bonds. The minimum Gasteiger partial charge on any atom is -0.457 e. The van der Waals surface area contributed by atoms with Gasteiger partial charge < -0.3 is 9.64 Å². The average Bonchev–Trinajstić information content (AvgIpc) is 3.22. The van der Waals surface area contributed by atoms with Gasteiger partial charge in [0.05, 0.1) is 5.92 Å². The number of carbonyl (C=O) groups is 2. The van der Waals surface area contributed by atoms with Crippen LogP contribution in [0.5, 0.6) is 0 Å². The third-order valence-electron chi connectivity index (χ3n) is 5.01. The summed E-state index contributed by atoms with van der Waals surface area (Å²) in [5.74, 6) is -0.0309. The van der Waals surface area contributed by atoms with Gasteiger partial charge in [0.2, 0.25) is 0 Å². The number of hydrogen-bond donors (Lipinski definition) is 0. The van der Waals surface area contributed by atoms with Crippen LogP contribution in [0.25, 0.3) is 0 Å². The predicted octanol–water partition coefficient (Wildman–Crippen LogP) is 3.07. The average molecular weight is 313 g/mol. The number of fused-ring (bicyclic) bond motifs is 1. The van der Waals surface area contributed by atoms with Crippen molar-refractivity contribution in [2.45, 2.75) is 32.6 Å². The number of carbonyl (C=O) groups excluding carboxylic acids is 2. The molecule has 0 aromatic heterocycles. The highest BCUT2D eigenvalue weighted by Gasteiger charge is 2.41. The van der Waals surface area contributed by atoms with Gasteiger partial charge in [-0.05, 0) is 24.0 Å². The maximum absolute atomic E-state index is 12.2. The lowest BCUT2D eigenvalue weighted by Crippen LogP contribution is -2.25. The Labute approximate surface area is 137 Å². The Kier molecular flexibility index (Phi) is 3.78. The van der Waals surface area contributed by atoms with Crippen LogP contribution in [0.4, 0.5) is 5.69 Å². The van der Waals surface area contributed by atoms with Gasteiger partial charge >= 0.3 is 5.97 Å². The summed E-state index contributed by atoms with van der Waals surface area (Å²) in [5.41, 5.74) is 3.00. The van der Waals surface area contributed by atoms with E-state index in [0.717, 1.165) is 17.8 Å². The monoisotopic (exact) mass is 313 g/mol. The molecule has 1 heterocycles. The largest absolute Gasteiger partial charge is 0.457 e. The van der Waals surface area contributed by atoms with Crippen molar-refractivity contribution in [1.29, 1.82) is 0 Å². The summed E-state index contributed by atoms with van der Waals surface area (Å²) in [7, 11) is 1.96. The van der Waals surface area contributed by atoms with Crippen LogP contribution in [0.1, 0.15) is 32.8 Å². The molecule has 4 heteroatoms. The number of likely N-dealkylation sites (N-methyl/N-ethyl adjacent to an activating group) is 1. The molecule has 0 spiro atoms. The van der Waals surface area contributed by atoms with Gasteiger partial charge in [-0.15, -0.1) is 0 Å². The normalized spacial score (nSPS) is 26.1. The summed E-state index contributed by atoms with van der Waals surface area (Å²) in [6.45, 7) is 6.05. The van der Waals surface area contributed by atoms with Gasteiger partial charge in [-0.2, -0.15) is 0 Å². The van der Waals surface area contributed by atoms with Crippen LogP contribution < -0.4 is 4.90 Å². The van der Waals surface area contributed by atoms with Crippen molar-refractivity contribution in [3.05, 3.63) is 41.6 Å². The number of ether oxygens (including phenoxy) is 1. The van der Waals surface area contributed by atoms with E-state index in [-0.39, 0.29) is 29.7 Å². The van der Waals surface area contributed by atoms with Crippen molar-refractivity contribution in [2.75, 3.05) is 18.6 Å². The smallest absolute Gasteiger partial charge is 0.309 e. The third kappa shape index (κ3) is 2.78. The maximum Gasteiger partial charge on any atom is 0.309 e. The highest BCUT2D eigenvalue weighted by atomic mass is 16.5. The molecule has 0 saturated heterocycles. The number of benzene rings is 1. The van der Waals surface area contributed by atoms with Crippen molar-refractivity contribution in [2.24, 2.45) is 11.8 Å². The molecule has 122 valence electrons. The first kappa shape index (κ1) is 15.8. The molecule has 1 aromatic carbocycles. The van der Waals surface area contributed by atoms with Crippen LogP contribution in [-0.2, 0) is 19.7 Å². The van der Waals surface area contributed by atoms with Gasteiger partial charge in [-0.25, -0.2) is 0 Å². The van der Waals surface area contributed by atoms with Gasteiger partial charge in [0.25, 0.3) is 0 Å². The van der Waals surface area contributed by atoms with E-state index in [9.17, 15) is 9.59 Å². The van der Waals surface area contributed by atoms with Crippen molar-refractivity contribution < 1.29 is 14.3 Å². The molecule has 1 fully saturated rings. The highest BCUT2D eigenvalue weighted by Crippen LogP contribution is 2.46.